The van der Waals surface area contributed by atoms with Gasteiger partial charge in [-0.15, -0.1) is 0 Å². The van der Waals surface area contributed by atoms with Crippen molar-refractivity contribution in [3.05, 3.63) is 21.4 Å². The minimum absolute atomic E-state index is 0.339. The summed E-state index contributed by atoms with van der Waals surface area (Å²) in [5.74, 6) is -0.817. The number of hydrogen-bond donors (Lipinski definition) is 1. The Labute approximate surface area is 72.9 Å². The molecule has 11 heavy (non-hydrogen) atoms. The second kappa shape index (κ2) is 2.37. The van der Waals surface area contributed by atoms with Gasteiger partial charge in [-0.3, -0.25) is 9.59 Å². The number of halogens is 1. The van der Waals surface area contributed by atoms with Crippen LogP contribution in [0.2, 0.25) is 0 Å². The molecule has 0 aromatic heterocycles. The lowest BCUT2D eigenvalue weighted by atomic mass is 10.3. The largest absolute Gasteiger partial charge is 0.318 e. The highest BCUT2D eigenvalue weighted by molar-refractivity contribution is 14.2. The molecule has 0 aliphatic carbocycles. The maximum absolute atomic E-state index is 11.0. The summed E-state index contributed by atoms with van der Waals surface area (Å²) in [5, 5.41) is 2.52. The molecule has 0 saturated heterocycles. The van der Waals surface area contributed by atoms with Crippen LogP contribution in [0.3, 0.4) is 0 Å². The van der Waals surface area contributed by atoms with E-state index in [4.69, 9.17) is 0 Å². The van der Waals surface area contributed by atoms with Gasteiger partial charge < -0.3 is 5.32 Å². The molecule has 0 aromatic carbocycles. The molecule has 56 valence electrons. The molecule has 1 amide bonds. The van der Waals surface area contributed by atoms with Crippen molar-refractivity contribution in [1.29, 1.82) is 0 Å². The number of nitrogens with one attached hydrogen (secondary N) is 1. The van der Waals surface area contributed by atoms with Gasteiger partial charge in [0.1, 0.15) is 0 Å². The van der Waals surface area contributed by atoms with Crippen molar-refractivity contribution in [1.82, 2.24) is 5.32 Å². The fourth-order valence-corrected chi connectivity index (χ4v) is 2.86. The molecule has 4 heteroatoms. The summed E-state index contributed by atoms with van der Waals surface area (Å²) in [7, 11) is 0. The van der Waals surface area contributed by atoms with Gasteiger partial charge in [-0.25, -0.2) is 0 Å². The molecule has 3 nitrogen and oxygen atoms in total. The van der Waals surface area contributed by atoms with Gasteiger partial charge in [-0.2, -0.15) is 0 Å². The number of hydrogen-bond acceptors (Lipinski definition) is 2. The quantitative estimate of drug-likeness (QED) is 0.501. The average Bonchev–Trinajstić information content (AvgIpc) is 2.30. The molecule has 2 aliphatic heterocycles. The van der Waals surface area contributed by atoms with Crippen molar-refractivity contribution in [3.63, 3.8) is 0 Å². The SMILES string of the molecule is O=C1NC2=C(I=CC=C2)C1=O. The molecular weight excluding hydrogens is 257 g/mol. The first-order valence-corrected chi connectivity index (χ1v) is 5.35. The van der Waals surface area contributed by atoms with Crippen molar-refractivity contribution < 1.29 is 9.59 Å². The third kappa shape index (κ3) is 0.973. The Morgan fingerprint density at radius 3 is 2.91 bits per heavy atom. The molecular formula is C7H4INO2. The Bertz CT molecular complexity index is 338. The summed E-state index contributed by atoms with van der Waals surface area (Å²) in [4.78, 5) is 21.9. The van der Waals surface area contributed by atoms with Crippen molar-refractivity contribution in [2.75, 3.05) is 0 Å². The van der Waals surface area contributed by atoms with E-state index in [9.17, 15) is 9.59 Å². The van der Waals surface area contributed by atoms with E-state index in [0.717, 1.165) is 5.70 Å². The van der Waals surface area contributed by atoms with Crippen LogP contribution >= 0.6 is 20.7 Å². The zero-order chi connectivity index (χ0) is 7.84. The Morgan fingerprint density at radius 2 is 2.18 bits per heavy atom. The standard InChI is InChI=1S/C7H4INO2/c10-6-5-4(9-7(6)11)2-1-3-8-5/h1-3H,(H,9,10,11). The van der Waals surface area contributed by atoms with E-state index in [1.165, 1.54) is 0 Å². The molecule has 0 saturated carbocycles. The number of ketones is 1. The van der Waals surface area contributed by atoms with E-state index >= 15 is 0 Å². The fraction of sp³-hybridized carbons (Fsp3) is 0. The van der Waals surface area contributed by atoms with Crippen LogP contribution in [0.4, 0.5) is 0 Å². The number of allylic oxidation sites excluding steroid dienone is 2. The maximum atomic E-state index is 11.0. The van der Waals surface area contributed by atoms with Gasteiger partial charge in [-0.1, -0.05) is 26.8 Å². The Hall–Kier alpha value is -0.780. The molecule has 0 fully saturated rings. The Balaban J connectivity index is 2.53. The molecule has 2 aliphatic rings. The van der Waals surface area contributed by atoms with Crippen LogP contribution in [-0.2, 0) is 9.59 Å². The van der Waals surface area contributed by atoms with Gasteiger partial charge in [0, 0.05) is 0 Å². The molecule has 0 radical (unpaired) electrons. The first-order chi connectivity index (χ1) is 5.29. The monoisotopic (exact) mass is 261 g/mol. The Kier molecular flexibility index (Phi) is 1.49. The highest BCUT2D eigenvalue weighted by Crippen LogP contribution is 2.26. The third-order valence-electron chi connectivity index (χ3n) is 1.40. The summed E-state index contributed by atoms with van der Waals surface area (Å²) < 4.78 is 2.67. The van der Waals surface area contributed by atoms with E-state index < -0.39 is 5.91 Å². The van der Waals surface area contributed by atoms with E-state index in [0.29, 0.717) is 3.58 Å². The number of carbonyl (C=O) groups excluding carboxylic acids is 2. The number of carbonyl (C=O) groups is 2. The van der Waals surface area contributed by atoms with Gasteiger partial charge in [-0.05, 0) is 10.1 Å². The highest BCUT2D eigenvalue weighted by Gasteiger charge is 2.29. The van der Waals surface area contributed by atoms with Crippen molar-refractivity contribution >= 4 is 36.4 Å². The summed E-state index contributed by atoms with van der Waals surface area (Å²) in [5.41, 5.74) is 0.718. The summed E-state index contributed by atoms with van der Waals surface area (Å²) >= 11 is -0.361. The van der Waals surface area contributed by atoms with Gasteiger partial charge in [0.05, 0.1) is 9.28 Å². The predicted molar refractivity (Wildman–Crippen MR) is 49.4 cm³/mol. The lowest BCUT2D eigenvalue weighted by molar-refractivity contribution is -0.133. The molecule has 0 bridgehead atoms. The van der Waals surface area contributed by atoms with Crippen LogP contribution in [0.15, 0.2) is 21.4 Å². The van der Waals surface area contributed by atoms with Crippen molar-refractivity contribution in [2.45, 2.75) is 0 Å². The molecule has 2 rings (SSSR count). The molecule has 0 unspecified atom stereocenters. The summed E-state index contributed by atoms with van der Waals surface area (Å²) in [6.45, 7) is 0. The number of amides is 1. The molecule has 0 spiro atoms. The van der Waals surface area contributed by atoms with Crippen LogP contribution in [0.1, 0.15) is 0 Å². The van der Waals surface area contributed by atoms with Gasteiger partial charge in [0.25, 0.3) is 11.7 Å². The molecule has 0 atom stereocenters. The van der Waals surface area contributed by atoms with Crippen LogP contribution < -0.4 is 5.32 Å². The second-order valence-electron chi connectivity index (χ2n) is 2.11. The smallest absolute Gasteiger partial charge is 0.297 e. The second-order valence-corrected chi connectivity index (χ2v) is 4.53. The van der Waals surface area contributed by atoms with E-state index in [-0.39, 0.29) is 26.5 Å². The first-order valence-electron chi connectivity index (χ1n) is 3.02. The normalized spacial score (nSPS) is 21.5. The van der Waals surface area contributed by atoms with Gasteiger partial charge in [0.15, 0.2) is 0 Å². The van der Waals surface area contributed by atoms with Crippen molar-refractivity contribution in [2.24, 2.45) is 0 Å². The van der Waals surface area contributed by atoms with Crippen LogP contribution in [0.5, 0.6) is 0 Å². The van der Waals surface area contributed by atoms with Crippen LogP contribution in [0, 0.1) is 0 Å². The van der Waals surface area contributed by atoms with Gasteiger partial charge in [0.2, 0.25) is 0 Å². The molecule has 1 N–H and O–H groups in total. The Morgan fingerprint density at radius 1 is 1.36 bits per heavy atom. The lowest BCUT2D eigenvalue weighted by Crippen LogP contribution is -2.20. The molecule has 2 heterocycles. The third-order valence-corrected chi connectivity index (χ3v) is 3.87. The maximum Gasteiger partial charge on any atom is 0.297 e. The van der Waals surface area contributed by atoms with Crippen LogP contribution in [-0.4, -0.2) is 15.7 Å². The topological polar surface area (TPSA) is 46.2 Å². The minimum atomic E-state index is -0.477. The fourth-order valence-electron chi connectivity index (χ4n) is 0.911. The number of rotatable bonds is 0. The van der Waals surface area contributed by atoms with Crippen molar-refractivity contribution in [3.8, 4) is 0 Å². The van der Waals surface area contributed by atoms with Gasteiger partial charge >= 0.3 is 0 Å². The van der Waals surface area contributed by atoms with E-state index in [1.807, 2.05) is 10.1 Å². The van der Waals surface area contributed by atoms with Crippen LogP contribution in [0.25, 0.3) is 0 Å². The lowest BCUT2D eigenvalue weighted by Gasteiger charge is -1.96. The predicted octanol–water partition coefficient (Wildman–Crippen LogP) is 0.240. The number of Topliss-reactive ketones (excluding diaryl/α,β-unsaturated/α-hetero) is 1. The average molecular weight is 261 g/mol. The molecule has 0 aromatic rings. The van der Waals surface area contributed by atoms with E-state index in [2.05, 4.69) is 5.32 Å². The summed E-state index contributed by atoms with van der Waals surface area (Å²) in [6, 6.07) is 0. The zero-order valence-electron chi connectivity index (χ0n) is 5.43. The highest BCUT2D eigenvalue weighted by atomic mass is 127. The minimum Gasteiger partial charge on any atom is -0.318 e. The zero-order valence-corrected chi connectivity index (χ0v) is 7.58. The first kappa shape index (κ1) is 6.90. The van der Waals surface area contributed by atoms with E-state index in [1.54, 1.807) is 6.08 Å². The summed E-state index contributed by atoms with van der Waals surface area (Å²) in [6.07, 6.45) is 3.65.